The van der Waals surface area contributed by atoms with Crippen LogP contribution in [-0.4, -0.2) is 49.5 Å². The molecule has 0 fully saturated rings. The van der Waals surface area contributed by atoms with Crippen molar-refractivity contribution in [3.05, 3.63) is 23.0 Å². The number of pyridine rings is 1. The lowest BCUT2D eigenvalue weighted by Crippen LogP contribution is -2.13. The summed E-state index contributed by atoms with van der Waals surface area (Å²) in [5.74, 6) is -0.697. The Morgan fingerprint density at radius 1 is 1.10 bits per heavy atom. The zero-order valence-electron chi connectivity index (χ0n) is 11.6. The van der Waals surface area contributed by atoms with Gasteiger partial charge in [0.25, 0.3) is 20.2 Å². The van der Waals surface area contributed by atoms with Crippen LogP contribution in [0.3, 0.4) is 0 Å². The number of ether oxygens (including phenoxy) is 1. The number of nitrogens with zero attached hydrogens (tertiary/aromatic N) is 1. The van der Waals surface area contributed by atoms with Crippen LogP contribution < -0.4 is 4.74 Å². The highest BCUT2D eigenvalue weighted by atomic mass is 32.2. The Balaban J connectivity index is 3.17. The maximum Gasteiger partial charge on any atom is 0.265 e. The molecule has 0 aliphatic heterocycles. The molecule has 1 aromatic heterocycles. The number of rotatable bonds is 7. The molecule has 0 spiro atoms. The van der Waals surface area contributed by atoms with Crippen molar-refractivity contribution in [3.63, 3.8) is 0 Å². The van der Waals surface area contributed by atoms with E-state index in [1.54, 1.807) is 6.92 Å². The zero-order valence-corrected chi connectivity index (χ0v) is 13.2. The van der Waals surface area contributed by atoms with Crippen molar-refractivity contribution in [1.29, 1.82) is 0 Å². The van der Waals surface area contributed by atoms with E-state index in [9.17, 15) is 16.8 Å². The average molecular weight is 339 g/mol. The summed E-state index contributed by atoms with van der Waals surface area (Å²) in [4.78, 5) is 4.04. The molecule has 21 heavy (non-hydrogen) atoms. The van der Waals surface area contributed by atoms with Crippen LogP contribution in [0.2, 0.25) is 0 Å². The quantitative estimate of drug-likeness (QED) is 0.676. The van der Waals surface area contributed by atoms with Crippen molar-refractivity contribution in [2.24, 2.45) is 0 Å². The Morgan fingerprint density at radius 2 is 1.62 bits per heavy atom. The second kappa shape index (κ2) is 6.69. The fourth-order valence-corrected chi connectivity index (χ4v) is 2.85. The SMILES string of the molecule is COc1c(C)ncc(CCS(=O)(=O)O)c1CCS(=O)(=O)O. The van der Waals surface area contributed by atoms with Gasteiger partial charge in [-0.1, -0.05) is 0 Å². The first-order valence-corrected chi connectivity index (χ1v) is 9.17. The van der Waals surface area contributed by atoms with Gasteiger partial charge in [0.05, 0.1) is 24.3 Å². The largest absolute Gasteiger partial charge is 0.495 e. The molecule has 0 bridgehead atoms. The molecule has 0 radical (unpaired) electrons. The van der Waals surface area contributed by atoms with Gasteiger partial charge in [0.15, 0.2) is 0 Å². The van der Waals surface area contributed by atoms with Crippen molar-refractivity contribution in [3.8, 4) is 5.75 Å². The molecule has 10 heteroatoms. The van der Waals surface area contributed by atoms with Gasteiger partial charge < -0.3 is 4.74 Å². The highest BCUT2D eigenvalue weighted by molar-refractivity contribution is 7.86. The third kappa shape index (κ3) is 5.96. The summed E-state index contributed by atoms with van der Waals surface area (Å²) in [5.41, 5.74) is 1.41. The molecule has 0 saturated carbocycles. The second-order valence-corrected chi connectivity index (χ2v) is 7.60. The van der Waals surface area contributed by atoms with E-state index in [1.165, 1.54) is 13.3 Å². The molecule has 0 amide bonds. The lowest BCUT2D eigenvalue weighted by atomic mass is 10.0. The van der Waals surface area contributed by atoms with Gasteiger partial charge in [-0.2, -0.15) is 16.8 Å². The first kappa shape index (κ1) is 17.8. The Labute approximate surface area is 123 Å². The van der Waals surface area contributed by atoms with E-state index in [-0.39, 0.29) is 12.8 Å². The summed E-state index contributed by atoms with van der Waals surface area (Å²) in [6.45, 7) is 1.66. The Morgan fingerprint density at radius 3 is 2.10 bits per heavy atom. The second-order valence-electron chi connectivity index (χ2n) is 4.45. The number of aromatic nitrogens is 1. The van der Waals surface area contributed by atoms with E-state index >= 15 is 0 Å². The van der Waals surface area contributed by atoms with E-state index < -0.39 is 31.7 Å². The maximum atomic E-state index is 10.9. The minimum atomic E-state index is -4.16. The Kier molecular flexibility index (Phi) is 5.68. The molecule has 1 rings (SSSR count). The molecule has 1 heterocycles. The van der Waals surface area contributed by atoms with Crippen molar-refractivity contribution in [2.45, 2.75) is 19.8 Å². The molecule has 0 saturated heterocycles. The van der Waals surface area contributed by atoms with Crippen LogP contribution in [0.15, 0.2) is 6.20 Å². The Bertz CT molecular complexity index is 710. The van der Waals surface area contributed by atoms with Gasteiger partial charge in [0.2, 0.25) is 0 Å². The maximum absolute atomic E-state index is 10.9. The van der Waals surface area contributed by atoms with E-state index in [2.05, 4.69) is 4.98 Å². The fraction of sp³-hybridized carbons (Fsp3) is 0.545. The van der Waals surface area contributed by atoms with Gasteiger partial charge in [0, 0.05) is 11.8 Å². The molecular formula is C11H17NO7S2. The van der Waals surface area contributed by atoms with E-state index in [4.69, 9.17) is 13.8 Å². The van der Waals surface area contributed by atoms with E-state index in [0.29, 0.717) is 22.6 Å². The van der Waals surface area contributed by atoms with Gasteiger partial charge in [-0.25, -0.2) is 0 Å². The van der Waals surface area contributed by atoms with Crippen LogP contribution >= 0.6 is 0 Å². The average Bonchev–Trinajstić information content (AvgIpc) is 2.32. The summed E-state index contributed by atoms with van der Waals surface area (Å²) in [5, 5.41) is 0. The zero-order chi connectivity index (χ0) is 16.3. The standard InChI is InChI=1S/C11H17NO7S2/c1-8-11(19-2)10(4-6-21(16,17)18)9(7-12-8)3-5-20(13,14)15/h7H,3-6H2,1-2H3,(H,13,14,15)(H,16,17,18). The number of aryl methyl sites for hydroxylation is 2. The molecule has 0 unspecified atom stereocenters. The monoisotopic (exact) mass is 339 g/mol. The number of hydrogen-bond acceptors (Lipinski definition) is 6. The topological polar surface area (TPSA) is 131 Å². The third-order valence-corrected chi connectivity index (χ3v) is 4.29. The summed E-state index contributed by atoms with van der Waals surface area (Å²) in [6.07, 6.45) is 1.32. The number of methoxy groups -OCH3 is 1. The van der Waals surface area contributed by atoms with Crippen LogP contribution in [0.1, 0.15) is 16.8 Å². The normalized spacial score (nSPS) is 12.4. The molecule has 0 aromatic carbocycles. The predicted molar refractivity (Wildman–Crippen MR) is 75.8 cm³/mol. The van der Waals surface area contributed by atoms with Crippen LogP contribution in [0.25, 0.3) is 0 Å². The van der Waals surface area contributed by atoms with Crippen LogP contribution in [-0.2, 0) is 33.1 Å². The van der Waals surface area contributed by atoms with Crippen molar-refractivity contribution in [2.75, 3.05) is 18.6 Å². The predicted octanol–water partition coefficient (Wildman–Crippen LogP) is 0.259. The molecule has 8 nitrogen and oxygen atoms in total. The minimum Gasteiger partial charge on any atom is -0.495 e. The molecule has 120 valence electrons. The smallest absolute Gasteiger partial charge is 0.265 e. The lowest BCUT2D eigenvalue weighted by Gasteiger charge is -2.14. The van der Waals surface area contributed by atoms with E-state index in [0.717, 1.165) is 0 Å². The van der Waals surface area contributed by atoms with E-state index in [1.807, 2.05) is 0 Å². The van der Waals surface area contributed by atoms with Crippen LogP contribution in [0, 0.1) is 6.92 Å². The Hall–Kier alpha value is -1.23. The third-order valence-electron chi connectivity index (χ3n) is 2.85. The van der Waals surface area contributed by atoms with Gasteiger partial charge in [-0.3, -0.25) is 14.1 Å². The summed E-state index contributed by atoms with van der Waals surface area (Å²) in [6, 6.07) is 0. The molecule has 1 aromatic rings. The highest BCUT2D eigenvalue weighted by Gasteiger charge is 2.17. The molecule has 0 aliphatic rings. The minimum absolute atomic E-state index is 0.0384. The van der Waals surface area contributed by atoms with Gasteiger partial charge in [-0.05, 0) is 25.3 Å². The lowest BCUT2D eigenvalue weighted by molar-refractivity contribution is 0.403. The molecule has 0 aliphatic carbocycles. The summed E-state index contributed by atoms with van der Waals surface area (Å²) < 4.78 is 66.2. The first-order chi connectivity index (χ1) is 9.53. The van der Waals surface area contributed by atoms with Gasteiger partial charge >= 0.3 is 0 Å². The number of hydrogen-bond donors (Lipinski definition) is 2. The molecule has 0 atom stereocenters. The first-order valence-electron chi connectivity index (χ1n) is 5.95. The van der Waals surface area contributed by atoms with Crippen molar-refractivity contribution in [1.82, 2.24) is 4.98 Å². The molecular weight excluding hydrogens is 322 g/mol. The van der Waals surface area contributed by atoms with Gasteiger partial charge in [0.1, 0.15) is 5.75 Å². The van der Waals surface area contributed by atoms with Crippen molar-refractivity contribution >= 4 is 20.2 Å². The van der Waals surface area contributed by atoms with Crippen LogP contribution in [0.5, 0.6) is 5.75 Å². The van der Waals surface area contributed by atoms with Crippen LogP contribution in [0.4, 0.5) is 0 Å². The highest BCUT2D eigenvalue weighted by Crippen LogP contribution is 2.26. The fourth-order valence-electron chi connectivity index (χ4n) is 1.91. The van der Waals surface area contributed by atoms with Crippen molar-refractivity contribution < 1.29 is 30.7 Å². The van der Waals surface area contributed by atoms with Gasteiger partial charge in [-0.15, -0.1) is 0 Å². The molecule has 2 N–H and O–H groups in total. The summed E-state index contributed by atoms with van der Waals surface area (Å²) >= 11 is 0. The summed E-state index contributed by atoms with van der Waals surface area (Å²) in [7, 11) is -6.93.